The van der Waals surface area contributed by atoms with Crippen molar-refractivity contribution in [3.63, 3.8) is 0 Å². The number of esters is 2. The van der Waals surface area contributed by atoms with Gasteiger partial charge in [0.2, 0.25) is 5.78 Å². The van der Waals surface area contributed by atoms with E-state index in [-0.39, 0.29) is 17.8 Å². The van der Waals surface area contributed by atoms with Crippen molar-refractivity contribution >= 4 is 17.7 Å². The van der Waals surface area contributed by atoms with E-state index in [1.54, 1.807) is 26.8 Å². The Balaban J connectivity index is 1.75. The van der Waals surface area contributed by atoms with Gasteiger partial charge in [-0.05, 0) is 32.4 Å². The van der Waals surface area contributed by atoms with Gasteiger partial charge in [-0.1, -0.05) is 6.58 Å². The zero-order valence-electron chi connectivity index (χ0n) is 14.9. The molecule has 0 aromatic heterocycles. The van der Waals surface area contributed by atoms with Crippen molar-refractivity contribution in [2.24, 2.45) is 5.92 Å². The fourth-order valence-electron chi connectivity index (χ4n) is 3.55. The molecule has 2 bridgehead atoms. The van der Waals surface area contributed by atoms with Gasteiger partial charge in [0.05, 0.1) is 12.5 Å². The number of epoxide rings is 1. The number of ether oxygens (including phenoxy) is 4. The summed E-state index contributed by atoms with van der Waals surface area (Å²) in [5.74, 6) is -1.38. The minimum atomic E-state index is -1.12. The van der Waals surface area contributed by atoms with Crippen LogP contribution in [-0.4, -0.2) is 47.7 Å². The first kappa shape index (κ1) is 17.0. The molecular weight excluding hydrogens is 340 g/mol. The maximum Gasteiger partial charge on any atom is 0.341 e. The van der Waals surface area contributed by atoms with E-state index in [1.165, 1.54) is 6.08 Å². The molecule has 0 amide bonds. The number of allylic oxidation sites excluding steroid dienone is 1. The number of carbonyl (C=O) groups is 3. The quantitative estimate of drug-likeness (QED) is 0.417. The van der Waals surface area contributed by atoms with Gasteiger partial charge in [-0.25, -0.2) is 9.59 Å². The molecule has 0 N–H and O–H groups in total. The van der Waals surface area contributed by atoms with Gasteiger partial charge in [0.15, 0.2) is 11.2 Å². The van der Waals surface area contributed by atoms with Gasteiger partial charge in [-0.15, -0.1) is 0 Å². The molecule has 0 radical (unpaired) electrons. The van der Waals surface area contributed by atoms with E-state index < -0.39 is 41.3 Å². The predicted molar refractivity (Wildman–Crippen MR) is 87.7 cm³/mol. The summed E-state index contributed by atoms with van der Waals surface area (Å²) in [4.78, 5) is 36.9. The molecule has 4 heterocycles. The Morgan fingerprint density at radius 1 is 1.35 bits per heavy atom. The maximum absolute atomic E-state index is 12.4. The lowest BCUT2D eigenvalue weighted by Crippen LogP contribution is -2.41. The number of hydrogen-bond acceptors (Lipinski definition) is 7. The van der Waals surface area contributed by atoms with Crippen LogP contribution in [0, 0.1) is 5.92 Å². The minimum absolute atomic E-state index is 0.157. The summed E-state index contributed by atoms with van der Waals surface area (Å²) in [6.45, 7) is 9.20. The highest BCUT2D eigenvalue weighted by atomic mass is 16.6. The third-order valence-corrected chi connectivity index (χ3v) is 5.44. The van der Waals surface area contributed by atoms with Crippen molar-refractivity contribution in [1.29, 1.82) is 0 Å². The second-order valence-corrected chi connectivity index (χ2v) is 7.64. The predicted octanol–water partition coefficient (Wildman–Crippen LogP) is 1.38. The first-order chi connectivity index (χ1) is 12.1. The molecule has 0 aromatic rings. The van der Waals surface area contributed by atoms with Crippen molar-refractivity contribution in [3.8, 4) is 0 Å². The fraction of sp³-hybridized carbons (Fsp3) is 0.526. The van der Waals surface area contributed by atoms with Gasteiger partial charge in [0.1, 0.15) is 18.0 Å². The van der Waals surface area contributed by atoms with Crippen LogP contribution in [-0.2, 0) is 33.3 Å². The van der Waals surface area contributed by atoms with Crippen molar-refractivity contribution in [2.45, 2.75) is 50.6 Å². The van der Waals surface area contributed by atoms with E-state index in [0.717, 1.165) is 0 Å². The van der Waals surface area contributed by atoms with Crippen LogP contribution < -0.4 is 0 Å². The van der Waals surface area contributed by atoms with Crippen LogP contribution in [0.3, 0.4) is 0 Å². The third kappa shape index (κ3) is 2.49. The Morgan fingerprint density at radius 2 is 2.04 bits per heavy atom. The second kappa shape index (κ2) is 5.30. The first-order valence-corrected chi connectivity index (χ1v) is 8.52. The van der Waals surface area contributed by atoms with Crippen LogP contribution in [0.2, 0.25) is 0 Å². The lowest BCUT2D eigenvalue weighted by molar-refractivity contribution is -0.156. The van der Waals surface area contributed by atoms with E-state index in [1.807, 2.05) is 0 Å². The Bertz CT molecular complexity index is 801. The second-order valence-electron chi connectivity index (χ2n) is 7.64. The number of carbonyl (C=O) groups excluding carboxylic acids is 3. The molecule has 0 spiro atoms. The summed E-state index contributed by atoms with van der Waals surface area (Å²) in [5, 5.41) is 0. The lowest BCUT2D eigenvalue weighted by Gasteiger charge is -2.29. The normalized spacial score (nSPS) is 43.0. The smallest absolute Gasteiger partial charge is 0.341 e. The van der Waals surface area contributed by atoms with Gasteiger partial charge in [-0.2, -0.15) is 0 Å². The topological polar surface area (TPSA) is 91.4 Å². The monoisotopic (exact) mass is 360 g/mol. The van der Waals surface area contributed by atoms with Gasteiger partial charge in [0, 0.05) is 18.1 Å². The highest BCUT2D eigenvalue weighted by Crippen LogP contribution is 2.43. The molecular formula is C19H20O7. The summed E-state index contributed by atoms with van der Waals surface area (Å²) in [5.41, 5.74) is -1.20. The minimum Gasteiger partial charge on any atom is -0.479 e. The molecule has 2 saturated heterocycles. The summed E-state index contributed by atoms with van der Waals surface area (Å²) < 4.78 is 22.1. The molecule has 7 nitrogen and oxygen atoms in total. The fourth-order valence-corrected chi connectivity index (χ4v) is 3.55. The number of hydrogen-bond donors (Lipinski definition) is 0. The third-order valence-electron chi connectivity index (χ3n) is 5.44. The van der Waals surface area contributed by atoms with E-state index in [9.17, 15) is 14.4 Å². The van der Waals surface area contributed by atoms with Gasteiger partial charge in [-0.3, -0.25) is 4.79 Å². The van der Waals surface area contributed by atoms with Crippen LogP contribution >= 0.6 is 0 Å². The first-order valence-electron chi connectivity index (χ1n) is 8.52. The Morgan fingerprint density at radius 3 is 2.69 bits per heavy atom. The standard InChI is InChI=1S/C19H20O7/c1-9-5-12(25-17(22)19(4)8-23-19)15-10(2)16(21)24-13(15)7-18(3)14(20)6-11(9)26-18/h5-6,12-13,15H,2,7-8H2,1,3-4H3/b9-5-/t12-,13+,15+,18-,19+/m1/s1. The molecule has 138 valence electrons. The van der Waals surface area contributed by atoms with Crippen LogP contribution in [0.5, 0.6) is 0 Å². The van der Waals surface area contributed by atoms with E-state index >= 15 is 0 Å². The lowest BCUT2D eigenvalue weighted by atomic mass is 9.83. The van der Waals surface area contributed by atoms with Crippen LogP contribution in [0.15, 0.2) is 35.6 Å². The molecule has 4 aliphatic rings. The average Bonchev–Trinajstić information content (AvgIpc) is 3.15. The molecule has 4 rings (SSSR count). The Hall–Kier alpha value is -2.41. The van der Waals surface area contributed by atoms with Gasteiger partial charge in [0.25, 0.3) is 0 Å². The summed E-state index contributed by atoms with van der Waals surface area (Å²) >= 11 is 0. The SMILES string of the molecule is C=C1C(=O)O[C@H]2C[C@@]3(C)OC(=CC3=O)/C(C)=C\[C@@H](OC(=O)[C@]3(C)CO3)[C@H]12. The molecule has 0 unspecified atom stereocenters. The highest BCUT2D eigenvalue weighted by molar-refractivity contribution is 6.00. The molecule has 5 atom stereocenters. The average molecular weight is 360 g/mol. The van der Waals surface area contributed by atoms with Gasteiger partial charge >= 0.3 is 11.9 Å². The number of rotatable bonds is 2. The Kier molecular flexibility index (Phi) is 3.47. The van der Waals surface area contributed by atoms with Crippen molar-refractivity contribution in [3.05, 3.63) is 35.6 Å². The molecule has 0 aromatic carbocycles. The molecule has 4 aliphatic heterocycles. The zero-order valence-corrected chi connectivity index (χ0v) is 14.9. The maximum atomic E-state index is 12.4. The number of fused-ring (bicyclic) bond motifs is 3. The Labute approximate surface area is 150 Å². The van der Waals surface area contributed by atoms with Crippen LogP contribution in [0.4, 0.5) is 0 Å². The van der Waals surface area contributed by atoms with Crippen molar-refractivity contribution < 1.29 is 33.3 Å². The summed E-state index contributed by atoms with van der Waals surface area (Å²) in [6.07, 6.45) is 1.83. The molecule has 0 aliphatic carbocycles. The van der Waals surface area contributed by atoms with E-state index in [4.69, 9.17) is 18.9 Å². The highest BCUT2D eigenvalue weighted by Gasteiger charge is 2.54. The van der Waals surface area contributed by atoms with Crippen LogP contribution in [0.1, 0.15) is 27.2 Å². The molecule has 0 saturated carbocycles. The van der Waals surface area contributed by atoms with Crippen molar-refractivity contribution in [2.75, 3.05) is 6.61 Å². The molecule has 7 heteroatoms. The van der Waals surface area contributed by atoms with E-state index in [0.29, 0.717) is 17.9 Å². The molecule has 2 fully saturated rings. The summed E-state index contributed by atoms with van der Waals surface area (Å²) in [6, 6.07) is 0. The number of ketones is 1. The largest absolute Gasteiger partial charge is 0.479 e. The van der Waals surface area contributed by atoms with Crippen molar-refractivity contribution in [1.82, 2.24) is 0 Å². The zero-order chi connectivity index (χ0) is 18.9. The van der Waals surface area contributed by atoms with Gasteiger partial charge < -0.3 is 18.9 Å². The molecule has 26 heavy (non-hydrogen) atoms. The van der Waals surface area contributed by atoms with E-state index in [2.05, 4.69) is 6.58 Å². The van der Waals surface area contributed by atoms with Crippen LogP contribution in [0.25, 0.3) is 0 Å². The summed E-state index contributed by atoms with van der Waals surface area (Å²) in [7, 11) is 0.